The molecule has 2 heteroatoms. The lowest BCUT2D eigenvalue weighted by molar-refractivity contribution is 0.148. The smallest absolute Gasteiger partial charge is 0.128 e. The van der Waals surface area contributed by atoms with E-state index < -0.39 is 0 Å². The Morgan fingerprint density at radius 1 is 1.10 bits per heavy atom. The summed E-state index contributed by atoms with van der Waals surface area (Å²) in [5, 5.41) is 3.29. The number of benzene rings is 2. The van der Waals surface area contributed by atoms with Gasteiger partial charge in [-0.25, -0.2) is 0 Å². The number of aryl methyl sites for hydroxylation is 1. The third-order valence-electron chi connectivity index (χ3n) is 4.09. The van der Waals surface area contributed by atoms with Crippen LogP contribution in [0.2, 0.25) is 0 Å². The first-order valence-corrected chi connectivity index (χ1v) is 7.24. The minimum Gasteiger partial charge on any atom is -0.485 e. The molecule has 2 atom stereocenters. The van der Waals surface area contributed by atoms with Gasteiger partial charge in [-0.05, 0) is 43.1 Å². The van der Waals surface area contributed by atoms with Gasteiger partial charge in [0, 0.05) is 12.5 Å². The van der Waals surface area contributed by atoms with Crippen molar-refractivity contribution in [3.05, 3.63) is 65.2 Å². The van der Waals surface area contributed by atoms with Crippen molar-refractivity contribution in [3.8, 4) is 5.75 Å². The maximum atomic E-state index is 6.36. The summed E-state index contributed by atoms with van der Waals surface area (Å²) in [5.41, 5.74) is 3.96. The van der Waals surface area contributed by atoms with Crippen molar-refractivity contribution >= 4 is 0 Å². The Kier molecular flexibility index (Phi) is 3.75. The van der Waals surface area contributed by atoms with Crippen LogP contribution < -0.4 is 10.1 Å². The molecule has 2 aromatic carbocycles. The summed E-state index contributed by atoms with van der Waals surface area (Å²) in [6.07, 6.45) is 1.24. The highest BCUT2D eigenvalue weighted by molar-refractivity contribution is 5.38. The van der Waals surface area contributed by atoms with Crippen LogP contribution in [-0.2, 0) is 6.42 Å². The number of para-hydroxylation sites is 1. The van der Waals surface area contributed by atoms with Gasteiger partial charge in [-0.2, -0.15) is 0 Å². The maximum absolute atomic E-state index is 6.36. The van der Waals surface area contributed by atoms with Gasteiger partial charge in [-0.1, -0.05) is 42.5 Å². The van der Waals surface area contributed by atoms with Crippen LogP contribution in [0.5, 0.6) is 5.75 Å². The minimum atomic E-state index is 0.153. The van der Waals surface area contributed by atoms with E-state index in [0.29, 0.717) is 5.92 Å². The van der Waals surface area contributed by atoms with E-state index in [4.69, 9.17) is 4.74 Å². The molecule has 20 heavy (non-hydrogen) atoms. The van der Waals surface area contributed by atoms with E-state index in [1.165, 1.54) is 16.7 Å². The van der Waals surface area contributed by atoms with Gasteiger partial charge in [0.15, 0.2) is 0 Å². The zero-order valence-electron chi connectivity index (χ0n) is 12.1. The predicted octanol–water partition coefficient (Wildman–Crippen LogP) is 3.51. The standard InChI is InChI=1S/C18H21NO/c1-13-7-3-6-10-17(13)20-18-15(12-19-2)11-14-8-4-5-9-16(14)18/h3-10,15,18-19H,11-12H2,1-2H3/t15-,18?/m1/s1. The number of hydrogen-bond donors (Lipinski definition) is 1. The van der Waals surface area contributed by atoms with Crippen molar-refractivity contribution in [2.75, 3.05) is 13.6 Å². The van der Waals surface area contributed by atoms with E-state index in [0.717, 1.165) is 18.7 Å². The summed E-state index contributed by atoms with van der Waals surface area (Å²) >= 11 is 0. The van der Waals surface area contributed by atoms with Gasteiger partial charge in [-0.15, -0.1) is 0 Å². The molecule has 0 aromatic heterocycles. The van der Waals surface area contributed by atoms with Gasteiger partial charge < -0.3 is 10.1 Å². The molecule has 1 N–H and O–H groups in total. The van der Waals surface area contributed by atoms with Gasteiger partial charge in [0.05, 0.1) is 0 Å². The molecule has 0 bridgehead atoms. The second-order valence-electron chi connectivity index (χ2n) is 5.52. The summed E-state index contributed by atoms with van der Waals surface area (Å²) in [5.74, 6) is 1.49. The Hall–Kier alpha value is -1.80. The van der Waals surface area contributed by atoms with Crippen molar-refractivity contribution in [1.29, 1.82) is 0 Å². The van der Waals surface area contributed by atoms with Crippen molar-refractivity contribution in [3.63, 3.8) is 0 Å². The Labute approximate surface area is 120 Å². The molecule has 2 aromatic rings. The van der Waals surface area contributed by atoms with Crippen molar-refractivity contribution in [1.82, 2.24) is 5.32 Å². The molecule has 1 aliphatic rings. The molecule has 0 aliphatic heterocycles. The molecule has 0 amide bonds. The molecular weight excluding hydrogens is 246 g/mol. The summed E-state index contributed by atoms with van der Waals surface area (Å²) in [4.78, 5) is 0. The first kappa shape index (κ1) is 13.2. The van der Waals surface area contributed by atoms with Crippen molar-refractivity contribution in [2.45, 2.75) is 19.4 Å². The largest absolute Gasteiger partial charge is 0.485 e. The van der Waals surface area contributed by atoms with Crippen molar-refractivity contribution in [2.24, 2.45) is 5.92 Å². The fourth-order valence-electron chi connectivity index (χ4n) is 3.07. The third-order valence-corrected chi connectivity index (χ3v) is 4.09. The predicted molar refractivity (Wildman–Crippen MR) is 82.1 cm³/mol. The average molecular weight is 267 g/mol. The molecule has 1 unspecified atom stereocenters. The van der Waals surface area contributed by atoms with E-state index in [2.05, 4.69) is 54.7 Å². The van der Waals surface area contributed by atoms with Gasteiger partial charge in [-0.3, -0.25) is 0 Å². The normalized spacial score (nSPS) is 20.7. The van der Waals surface area contributed by atoms with Gasteiger partial charge in [0.2, 0.25) is 0 Å². The lowest BCUT2D eigenvalue weighted by atomic mass is 10.0. The Bertz CT molecular complexity index is 593. The molecule has 0 spiro atoms. The highest BCUT2D eigenvalue weighted by Crippen LogP contribution is 2.39. The van der Waals surface area contributed by atoms with Crippen LogP contribution in [0.3, 0.4) is 0 Å². The maximum Gasteiger partial charge on any atom is 0.128 e. The average Bonchev–Trinajstić information content (AvgIpc) is 2.80. The molecule has 0 fully saturated rings. The van der Waals surface area contributed by atoms with Gasteiger partial charge >= 0.3 is 0 Å². The minimum absolute atomic E-state index is 0.153. The third kappa shape index (κ3) is 2.44. The summed E-state index contributed by atoms with van der Waals surface area (Å²) in [6.45, 7) is 3.08. The van der Waals surface area contributed by atoms with Crippen LogP contribution in [0.1, 0.15) is 22.8 Å². The summed E-state index contributed by atoms with van der Waals surface area (Å²) in [7, 11) is 2.01. The quantitative estimate of drug-likeness (QED) is 0.915. The molecule has 3 rings (SSSR count). The van der Waals surface area contributed by atoms with Gasteiger partial charge in [0.1, 0.15) is 11.9 Å². The Morgan fingerprint density at radius 3 is 2.65 bits per heavy atom. The zero-order chi connectivity index (χ0) is 13.9. The van der Waals surface area contributed by atoms with Crippen LogP contribution in [0.15, 0.2) is 48.5 Å². The Morgan fingerprint density at radius 2 is 1.85 bits per heavy atom. The lowest BCUT2D eigenvalue weighted by Gasteiger charge is -2.23. The monoisotopic (exact) mass is 267 g/mol. The summed E-state index contributed by atoms with van der Waals surface area (Å²) < 4.78 is 6.36. The second-order valence-corrected chi connectivity index (χ2v) is 5.52. The van der Waals surface area contributed by atoms with Gasteiger partial charge in [0.25, 0.3) is 0 Å². The fraction of sp³-hybridized carbons (Fsp3) is 0.333. The van der Waals surface area contributed by atoms with Crippen molar-refractivity contribution < 1.29 is 4.74 Å². The molecule has 0 radical (unpaired) electrons. The number of ether oxygens (including phenoxy) is 1. The zero-order valence-corrected chi connectivity index (χ0v) is 12.1. The van der Waals surface area contributed by atoms with Crippen LogP contribution >= 0.6 is 0 Å². The van der Waals surface area contributed by atoms with E-state index in [1.54, 1.807) is 0 Å². The second kappa shape index (κ2) is 5.68. The van der Waals surface area contributed by atoms with Crippen LogP contribution in [0, 0.1) is 12.8 Å². The van der Waals surface area contributed by atoms with Crippen LogP contribution in [0.4, 0.5) is 0 Å². The lowest BCUT2D eigenvalue weighted by Crippen LogP contribution is -2.25. The SMILES string of the molecule is CNC[C@H]1Cc2ccccc2C1Oc1ccccc1C. The molecule has 0 saturated carbocycles. The highest BCUT2D eigenvalue weighted by Gasteiger charge is 2.33. The molecule has 104 valence electrons. The number of hydrogen-bond acceptors (Lipinski definition) is 2. The molecule has 0 heterocycles. The van der Waals surface area contributed by atoms with Crippen LogP contribution in [0.25, 0.3) is 0 Å². The molecular formula is C18H21NO. The van der Waals surface area contributed by atoms with E-state index in [-0.39, 0.29) is 6.10 Å². The first-order valence-electron chi connectivity index (χ1n) is 7.24. The van der Waals surface area contributed by atoms with E-state index >= 15 is 0 Å². The number of nitrogens with one attached hydrogen (secondary N) is 1. The van der Waals surface area contributed by atoms with E-state index in [9.17, 15) is 0 Å². The fourth-order valence-corrected chi connectivity index (χ4v) is 3.07. The molecule has 0 saturated heterocycles. The molecule has 2 nitrogen and oxygen atoms in total. The topological polar surface area (TPSA) is 21.3 Å². The Balaban J connectivity index is 1.91. The van der Waals surface area contributed by atoms with Crippen LogP contribution in [-0.4, -0.2) is 13.6 Å². The highest BCUT2D eigenvalue weighted by atomic mass is 16.5. The first-order chi connectivity index (χ1) is 9.79. The van der Waals surface area contributed by atoms with E-state index in [1.807, 2.05) is 13.1 Å². The summed E-state index contributed by atoms with van der Waals surface area (Å²) in [6, 6.07) is 16.9. The molecule has 1 aliphatic carbocycles. The number of rotatable bonds is 4. The number of fused-ring (bicyclic) bond motifs is 1.